The van der Waals surface area contributed by atoms with Crippen LogP contribution in [0.4, 0.5) is 5.82 Å². The first kappa shape index (κ1) is 17.9. The van der Waals surface area contributed by atoms with Crippen molar-refractivity contribution in [3.05, 3.63) is 41.4 Å². The van der Waals surface area contributed by atoms with Crippen LogP contribution in [-0.4, -0.2) is 64.2 Å². The largest absolute Gasteiger partial charge is 0.383 e. The lowest BCUT2D eigenvalue weighted by atomic mass is 9.89. The van der Waals surface area contributed by atoms with Crippen LogP contribution >= 0.6 is 0 Å². The highest BCUT2D eigenvalue weighted by Gasteiger charge is 2.41. The Bertz CT molecular complexity index is 813. The van der Waals surface area contributed by atoms with Crippen molar-refractivity contribution in [1.82, 2.24) is 19.9 Å². The molecule has 27 heavy (non-hydrogen) atoms. The van der Waals surface area contributed by atoms with Crippen LogP contribution in [0.5, 0.6) is 0 Å². The van der Waals surface area contributed by atoms with Crippen LogP contribution in [0.1, 0.15) is 34.7 Å². The molecule has 0 aromatic carbocycles. The smallest absolute Gasteiger partial charge is 0.276 e. The Morgan fingerprint density at radius 3 is 2.85 bits per heavy atom. The van der Waals surface area contributed by atoms with E-state index in [0.717, 1.165) is 38.0 Å². The summed E-state index contributed by atoms with van der Waals surface area (Å²) in [7, 11) is 0. The highest BCUT2D eigenvalue weighted by Crippen LogP contribution is 2.31. The number of nitrogens with zero attached hydrogens (tertiary/aromatic N) is 4. The average molecular weight is 371 g/mol. The molecule has 1 spiro atoms. The first-order valence-electron chi connectivity index (χ1n) is 9.33. The molecule has 144 valence electrons. The van der Waals surface area contributed by atoms with Crippen molar-refractivity contribution in [3.8, 4) is 0 Å². The van der Waals surface area contributed by atoms with Crippen molar-refractivity contribution >= 4 is 11.7 Å². The van der Waals surface area contributed by atoms with E-state index in [1.165, 1.54) is 0 Å². The molecule has 2 aromatic rings. The Morgan fingerprint density at radius 1 is 1.33 bits per heavy atom. The molecule has 1 amide bonds. The molecule has 0 saturated carbocycles. The van der Waals surface area contributed by atoms with Crippen molar-refractivity contribution < 1.29 is 14.1 Å². The molecule has 0 radical (unpaired) electrons. The SMILES string of the molecule is Cc1cc(C(=O)N2CCC3(CC2)CN(Cc2cccnc2N)CCO3)no1. The maximum atomic E-state index is 12.6. The number of amides is 1. The molecule has 2 aliphatic rings. The number of aryl methyl sites for hydroxylation is 1. The fraction of sp³-hybridized carbons (Fsp3) is 0.526. The second-order valence-electron chi connectivity index (χ2n) is 7.40. The number of hydrogen-bond donors (Lipinski definition) is 1. The zero-order valence-corrected chi connectivity index (χ0v) is 15.6. The molecule has 0 unspecified atom stereocenters. The minimum atomic E-state index is -0.203. The van der Waals surface area contributed by atoms with Gasteiger partial charge in [0, 0.05) is 50.6 Å². The topological polar surface area (TPSA) is 97.7 Å². The summed E-state index contributed by atoms with van der Waals surface area (Å²) >= 11 is 0. The van der Waals surface area contributed by atoms with Gasteiger partial charge in [-0.15, -0.1) is 0 Å². The Hall–Kier alpha value is -2.45. The van der Waals surface area contributed by atoms with Crippen molar-refractivity contribution in [3.63, 3.8) is 0 Å². The molecule has 2 aliphatic heterocycles. The van der Waals surface area contributed by atoms with Gasteiger partial charge in [-0.05, 0) is 25.8 Å². The lowest BCUT2D eigenvalue weighted by molar-refractivity contribution is -0.134. The molecule has 0 aliphatic carbocycles. The van der Waals surface area contributed by atoms with Gasteiger partial charge in [0.1, 0.15) is 11.6 Å². The molecule has 8 heteroatoms. The Morgan fingerprint density at radius 2 is 2.15 bits per heavy atom. The van der Waals surface area contributed by atoms with Crippen molar-refractivity contribution in [1.29, 1.82) is 0 Å². The molecular formula is C19H25N5O3. The highest BCUT2D eigenvalue weighted by atomic mass is 16.5. The standard InChI is InChI=1S/C19H25N5O3/c1-14-11-16(22-27-14)18(25)24-7-4-19(5-8-24)13-23(9-10-26-19)12-15-3-2-6-21-17(15)20/h2-3,6,11H,4-5,7-10,12-13H2,1H3,(H2,20,21). The fourth-order valence-corrected chi connectivity index (χ4v) is 3.93. The van der Waals surface area contributed by atoms with E-state index < -0.39 is 0 Å². The van der Waals surface area contributed by atoms with Gasteiger partial charge < -0.3 is 19.9 Å². The van der Waals surface area contributed by atoms with Gasteiger partial charge in [-0.3, -0.25) is 9.69 Å². The van der Waals surface area contributed by atoms with Crippen LogP contribution in [0, 0.1) is 6.92 Å². The third-order valence-electron chi connectivity index (χ3n) is 5.46. The van der Waals surface area contributed by atoms with Crippen LogP contribution < -0.4 is 5.73 Å². The molecule has 2 saturated heterocycles. The summed E-state index contributed by atoms with van der Waals surface area (Å²) in [6, 6.07) is 5.62. The number of ether oxygens (including phenoxy) is 1. The number of rotatable bonds is 3. The molecule has 2 N–H and O–H groups in total. The van der Waals surface area contributed by atoms with E-state index >= 15 is 0 Å². The maximum Gasteiger partial charge on any atom is 0.276 e. The second kappa shape index (κ2) is 7.28. The molecule has 4 heterocycles. The van der Waals surface area contributed by atoms with E-state index in [1.807, 2.05) is 17.0 Å². The summed E-state index contributed by atoms with van der Waals surface area (Å²) in [4.78, 5) is 20.9. The summed E-state index contributed by atoms with van der Waals surface area (Å²) in [6.07, 6.45) is 3.34. The zero-order chi connectivity index (χ0) is 18.9. The average Bonchev–Trinajstić information content (AvgIpc) is 3.10. The number of anilines is 1. The number of pyridine rings is 1. The van der Waals surface area contributed by atoms with E-state index in [2.05, 4.69) is 15.0 Å². The number of hydrogen-bond acceptors (Lipinski definition) is 7. The van der Waals surface area contributed by atoms with E-state index in [0.29, 0.717) is 37.0 Å². The zero-order valence-electron chi connectivity index (χ0n) is 15.6. The number of aromatic nitrogens is 2. The number of morpholine rings is 1. The number of carbonyl (C=O) groups excluding carboxylic acids is 1. The second-order valence-corrected chi connectivity index (χ2v) is 7.40. The van der Waals surface area contributed by atoms with E-state index in [4.69, 9.17) is 15.0 Å². The van der Waals surface area contributed by atoms with Crippen LogP contribution in [-0.2, 0) is 11.3 Å². The van der Waals surface area contributed by atoms with Crippen molar-refractivity contribution in [2.24, 2.45) is 0 Å². The molecule has 0 atom stereocenters. The van der Waals surface area contributed by atoms with Gasteiger partial charge in [-0.2, -0.15) is 0 Å². The summed E-state index contributed by atoms with van der Waals surface area (Å²) in [5.74, 6) is 1.16. The summed E-state index contributed by atoms with van der Waals surface area (Å²) in [5.41, 5.74) is 7.21. The minimum Gasteiger partial charge on any atom is -0.383 e. The van der Waals surface area contributed by atoms with Crippen molar-refractivity contribution in [2.75, 3.05) is 38.5 Å². The number of likely N-dealkylation sites (tertiary alicyclic amines) is 1. The Balaban J connectivity index is 1.37. The lowest BCUT2D eigenvalue weighted by Crippen LogP contribution is -2.57. The third-order valence-corrected chi connectivity index (χ3v) is 5.46. The van der Waals surface area contributed by atoms with Gasteiger partial charge in [-0.25, -0.2) is 4.98 Å². The highest BCUT2D eigenvalue weighted by molar-refractivity contribution is 5.92. The monoisotopic (exact) mass is 371 g/mol. The number of piperidine rings is 1. The Kier molecular flexibility index (Phi) is 4.84. The third kappa shape index (κ3) is 3.81. The molecule has 2 aromatic heterocycles. The predicted molar refractivity (Wildman–Crippen MR) is 99.0 cm³/mol. The van der Waals surface area contributed by atoms with E-state index in [1.54, 1.807) is 19.2 Å². The summed E-state index contributed by atoms with van der Waals surface area (Å²) in [5, 5.41) is 3.84. The molecule has 2 fully saturated rings. The van der Waals surface area contributed by atoms with E-state index in [9.17, 15) is 4.79 Å². The van der Waals surface area contributed by atoms with Gasteiger partial charge in [0.25, 0.3) is 5.91 Å². The first-order chi connectivity index (χ1) is 13.0. The molecule has 4 rings (SSSR count). The van der Waals surface area contributed by atoms with Crippen LogP contribution in [0.15, 0.2) is 28.9 Å². The van der Waals surface area contributed by atoms with Crippen LogP contribution in [0.2, 0.25) is 0 Å². The maximum absolute atomic E-state index is 12.6. The van der Waals surface area contributed by atoms with Gasteiger partial charge in [0.2, 0.25) is 0 Å². The number of nitrogens with two attached hydrogens (primary N) is 1. The number of nitrogen functional groups attached to an aromatic ring is 1. The normalized spacial score (nSPS) is 20.1. The Labute approximate surface area is 158 Å². The van der Waals surface area contributed by atoms with Gasteiger partial charge >= 0.3 is 0 Å². The molecule has 8 nitrogen and oxygen atoms in total. The fourth-order valence-electron chi connectivity index (χ4n) is 3.93. The van der Waals surface area contributed by atoms with Gasteiger partial charge in [0.15, 0.2) is 5.69 Å². The molecular weight excluding hydrogens is 346 g/mol. The van der Waals surface area contributed by atoms with E-state index in [-0.39, 0.29) is 11.5 Å². The first-order valence-corrected chi connectivity index (χ1v) is 9.33. The van der Waals surface area contributed by atoms with Gasteiger partial charge in [0.05, 0.1) is 12.2 Å². The minimum absolute atomic E-state index is 0.0718. The summed E-state index contributed by atoms with van der Waals surface area (Å²) < 4.78 is 11.2. The quantitative estimate of drug-likeness (QED) is 0.872. The lowest BCUT2D eigenvalue weighted by Gasteiger charge is -2.47. The van der Waals surface area contributed by atoms with Gasteiger partial charge in [-0.1, -0.05) is 11.2 Å². The number of carbonyl (C=O) groups is 1. The van der Waals surface area contributed by atoms with Crippen molar-refractivity contribution in [2.45, 2.75) is 31.9 Å². The van der Waals surface area contributed by atoms with Crippen LogP contribution in [0.3, 0.4) is 0 Å². The summed E-state index contributed by atoms with van der Waals surface area (Å²) in [6.45, 7) is 6.28. The predicted octanol–water partition coefficient (Wildman–Crippen LogP) is 1.47. The van der Waals surface area contributed by atoms with Crippen LogP contribution in [0.25, 0.3) is 0 Å². The molecule has 0 bridgehead atoms.